The van der Waals surface area contributed by atoms with E-state index in [1.54, 1.807) is 17.8 Å². The van der Waals surface area contributed by atoms with Crippen LogP contribution in [0.3, 0.4) is 0 Å². The van der Waals surface area contributed by atoms with Gasteiger partial charge in [-0.05, 0) is 19.4 Å². The molecule has 0 saturated heterocycles. The number of nitrogens with zero attached hydrogens (tertiary/aromatic N) is 4. The number of nitrogens with two attached hydrogens (primary N) is 1. The fourth-order valence-electron chi connectivity index (χ4n) is 2.21. The van der Waals surface area contributed by atoms with Gasteiger partial charge in [0.1, 0.15) is 5.52 Å². The zero-order valence-corrected chi connectivity index (χ0v) is 13.3. The van der Waals surface area contributed by atoms with E-state index in [-0.39, 0.29) is 16.7 Å². The van der Waals surface area contributed by atoms with E-state index in [2.05, 4.69) is 19.9 Å². The van der Waals surface area contributed by atoms with Crippen LogP contribution in [0.1, 0.15) is 16.8 Å². The number of aromatic amines is 1. The van der Waals surface area contributed by atoms with E-state index in [0.717, 1.165) is 5.56 Å². The first-order chi connectivity index (χ1) is 10.4. The summed E-state index contributed by atoms with van der Waals surface area (Å²) in [6.07, 6.45) is 1.57. The number of anilines is 1. The van der Waals surface area contributed by atoms with Crippen LogP contribution < -0.4 is 11.3 Å². The second-order valence-corrected chi connectivity index (χ2v) is 5.65. The topological polar surface area (TPSA) is 102 Å². The van der Waals surface area contributed by atoms with E-state index >= 15 is 0 Å². The fourth-order valence-corrected chi connectivity index (χ4v) is 2.63. The third-order valence-corrected chi connectivity index (χ3v) is 4.31. The van der Waals surface area contributed by atoms with Gasteiger partial charge in [-0.1, -0.05) is 23.2 Å². The summed E-state index contributed by atoms with van der Waals surface area (Å²) in [6, 6.07) is 0. The van der Waals surface area contributed by atoms with Gasteiger partial charge in [-0.25, -0.2) is 4.98 Å². The van der Waals surface area contributed by atoms with Crippen LogP contribution in [0, 0.1) is 13.8 Å². The quantitative estimate of drug-likeness (QED) is 0.696. The normalized spacial score (nSPS) is 11.3. The number of nitrogen functional groups attached to an aromatic ring is 1. The van der Waals surface area contributed by atoms with Crippen molar-refractivity contribution in [3.8, 4) is 0 Å². The van der Waals surface area contributed by atoms with Crippen molar-refractivity contribution in [2.75, 3.05) is 5.73 Å². The Balaban J connectivity index is 2.14. The third kappa shape index (κ3) is 2.32. The molecule has 0 aliphatic carbocycles. The van der Waals surface area contributed by atoms with Crippen molar-refractivity contribution in [2.24, 2.45) is 0 Å². The Bertz CT molecular complexity index is 946. The van der Waals surface area contributed by atoms with E-state index in [4.69, 9.17) is 28.9 Å². The van der Waals surface area contributed by atoms with Crippen molar-refractivity contribution < 1.29 is 0 Å². The molecule has 0 aliphatic heterocycles. The average molecular weight is 339 g/mol. The number of hydrogen-bond acceptors (Lipinski definition) is 5. The van der Waals surface area contributed by atoms with Crippen LogP contribution in [-0.4, -0.2) is 24.5 Å². The van der Waals surface area contributed by atoms with E-state index in [1.807, 2.05) is 6.92 Å². The predicted octanol–water partition coefficient (Wildman–Crippen LogP) is 2.07. The molecule has 0 atom stereocenters. The van der Waals surface area contributed by atoms with Gasteiger partial charge in [0.05, 0.1) is 17.9 Å². The molecule has 0 aromatic carbocycles. The Morgan fingerprint density at radius 3 is 2.73 bits per heavy atom. The van der Waals surface area contributed by atoms with Gasteiger partial charge < -0.3 is 15.3 Å². The van der Waals surface area contributed by atoms with E-state index in [9.17, 15) is 4.79 Å². The standard InChI is InChI=1S/C13H12Cl2N6O/c1-5-7(18-12(22)6(2)8(5)14)3-21-4-17-9-10(15)19-13(16)20-11(9)21/h4H,3H2,1-2H3,(H,18,22)(H2,16,19,20). The van der Waals surface area contributed by atoms with Crippen LogP contribution in [-0.2, 0) is 6.54 Å². The lowest BCUT2D eigenvalue weighted by Gasteiger charge is -2.10. The molecule has 3 aromatic rings. The van der Waals surface area contributed by atoms with Crippen LogP contribution in [0.4, 0.5) is 5.95 Å². The highest BCUT2D eigenvalue weighted by atomic mass is 35.5. The number of halogens is 2. The van der Waals surface area contributed by atoms with Crippen LogP contribution >= 0.6 is 23.2 Å². The zero-order valence-electron chi connectivity index (χ0n) is 11.8. The molecule has 3 rings (SSSR count). The van der Waals surface area contributed by atoms with Crippen LogP contribution in [0.25, 0.3) is 11.2 Å². The molecule has 0 radical (unpaired) electrons. The number of pyridine rings is 1. The Morgan fingerprint density at radius 1 is 1.27 bits per heavy atom. The molecule has 0 aliphatic rings. The molecule has 3 heterocycles. The minimum absolute atomic E-state index is 0.0615. The smallest absolute Gasteiger partial charge is 0.252 e. The molecule has 9 heteroatoms. The highest BCUT2D eigenvalue weighted by Gasteiger charge is 2.14. The van der Waals surface area contributed by atoms with Crippen molar-refractivity contribution in [1.29, 1.82) is 0 Å². The minimum Gasteiger partial charge on any atom is -0.368 e. The first-order valence-electron chi connectivity index (χ1n) is 6.40. The molecule has 0 bridgehead atoms. The lowest BCUT2D eigenvalue weighted by Crippen LogP contribution is -2.16. The van der Waals surface area contributed by atoms with Gasteiger partial charge >= 0.3 is 0 Å². The van der Waals surface area contributed by atoms with E-state index < -0.39 is 0 Å². The maximum Gasteiger partial charge on any atom is 0.252 e. The summed E-state index contributed by atoms with van der Waals surface area (Å²) in [5.74, 6) is 0.0615. The van der Waals surface area contributed by atoms with Crippen molar-refractivity contribution in [3.05, 3.63) is 43.7 Å². The number of rotatable bonds is 2. The molecular formula is C13H12Cl2N6O. The van der Waals surface area contributed by atoms with Crippen molar-refractivity contribution in [2.45, 2.75) is 20.4 Å². The molecule has 0 spiro atoms. The molecule has 0 fully saturated rings. The molecule has 3 N–H and O–H groups in total. The molecule has 114 valence electrons. The molecule has 3 aromatic heterocycles. The monoisotopic (exact) mass is 338 g/mol. The molecular weight excluding hydrogens is 327 g/mol. The van der Waals surface area contributed by atoms with Gasteiger partial charge in [0.15, 0.2) is 10.8 Å². The van der Waals surface area contributed by atoms with Gasteiger partial charge in [-0.2, -0.15) is 9.97 Å². The summed E-state index contributed by atoms with van der Waals surface area (Å²) >= 11 is 12.2. The van der Waals surface area contributed by atoms with Crippen LogP contribution in [0.5, 0.6) is 0 Å². The first kappa shape index (κ1) is 14.8. The van der Waals surface area contributed by atoms with Crippen LogP contribution in [0.15, 0.2) is 11.1 Å². The van der Waals surface area contributed by atoms with Gasteiger partial charge in [0.2, 0.25) is 5.95 Å². The molecule has 22 heavy (non-hydrogen) atoms. The van der Waals surface area contributed by atoms with Crippen LogP contribution in [0.2, 0.25) is 10.2 Å². The number of hydrogen-bond donors (Lipinski definition) is 2. The lowest BCUT2D eigenvalue weighted by molar-refractivity contribution is 0.775. The maximum atomic E-state index is 11.9. The third-order valence-electron chi connectivity index (χ3n) is 3.48. The zero-order chi connectivity index (χ0) is 16.0. The minimum atomic E-state index is -0.220. The SMILES string of the molecule is Cc1c(Cn2cnc3c(Cl)nc(N)nc32)[nH]c(=O)c(C)c1Cl. The summed E-state index contributed by atoms with van der Waals surface area (Å²) in [7, 11) is 0. The summed E-state index contributed by atoms with van der Waals surface area (Å²) in [4.78, 5) is 26.9. The number of nitrogens with one attached hydrogen (secondary N) is 1. The number of imidazole rings is 1. The first-order valence-corrected chi connectivity index (χ1v) is 7.15. The molecule has 0 amide bonds. The Labute approximate surface area is 135 Å². The number of H-pyrrole nitrogens is 1. The van der Waals surface area contributed by atoms with Gasteiger partial charge in [0, 0.05) is 11.3 Å². The van der Waals surface area contributed by atoms with Crippen molar-refractivity contribution in [3.63, 3.8) is 0 Å². The van der Waals surface area contributed by atoms with Crippen molar-refractivity contribution >= 4 is 40.3 Å². The number of fused-ring (bicyclic) bond motifs is 1. The predicted molar refractivity (Wildman–Crippen MR) is 85.4 cm³/mol. The van der Waals surface area contributed by atoms with E-state index in [1.165, 1.54) is 0 Å². The summed E-state index contributed by atoms with van der Waals surface area (Å²) in [6.45, 7) is 3.86. The Kier molecular flexibility index (Phi) is 3.54. The summed E-state index contributed by atoms with van der Waals surface area (Å²) in [5, 5.41) is 0.642. The van der Waals surface area contributed by atoms with Gasteiger partial charge in [-0.3, -0.25) is 4.79 Å². The average Bonchev–Trinajstić information content (AvgIpc) is 2.86. The van der Waals surface area contributed by atoms with E-state index in [0.29, 0.717) is 34.0 Å². The second-order valence-electron chi connectivity index (χ2n) is 4.91. The highest BCUT2D eigenvalue weighted by molar-refractivity contribution is 6.33. The van der Waals surface area contributed by atoms with Gasteiger partial charge in [-0.15, -0.1) is 0 Å². The number of aromatic nitrogens is 5. The molecule has 7 nitrogen and oxygen atoms in total. The molecule has 0 unspecified atom stereocenters. The lowest BCUT2D eigenvalue weighted by atomic mass is 10.1. The summed E-state index contributed by atoms with van der Waals surface area (Å²) in [5.41, 5.74) is 8.31. The van der Waals surface area contributed by atoms with Crippen molar-refractivity contribution in [1.82, 2.24) is 24.5 Å². The Hall–Kier alpha value is -2.12. The summed E-state index contributed by atoms with van der Waals surface area (Å²) < 4.78 is 1.73. The largest absolute Gasteiger partial charge is 0.368 e. The Morgan fingerprint density at radius 2 is 2.00 bits per heavy atom. The second kappa shape index (κ2) is 5.26. The molecule has 0 saturated carbocycles. The highest BCUT2D eigenvalue weighted by Crippen LogP contribution is 2.23. The fraction of sp³-hybridized carbons (Fsp3) is 0.231. The maximum absolute atomic E-state index is 11.9. The van der Waals surface area contributed by atoms with Gasteiger partial charge in [0.25, 0.3) is 5.56 Å².